The summed E-state index contributed by atoms with van der Waals surface area (Å²) >= 11 is 0. The van der Waals surface area contributed by atoms with Crippen LogP contribution in [-0.4, -0.2) is 34.6 Å². The minimum Gasteiger partial charge on any atom is -0.497 e. The van der Waals surface area contributed by atoms with Gasteiger partial charge >= 0.3 is 0 Å². The third-order valence-corrected chi connectivity index (χ3v) is 6.77. The number of aryl methyl sites for hydroxylation is 1. The summed E-state index contributed by atoms with van der Waals surface area (Å²) in [4.78, 5) is 13.0. The van der Waals surface area contributed by atoms with Crippen LogP contribution in [0.5, 0.6) is 11.5 Å². The maximum absolute atomic E-state index is 13.0. The molecule has 0 saturated carbocycles. The van der Waals surface area contributed by atoms with Crippen molar-refractivity contribution < 1.29 is 18.8 Å². The van der Waals surface area contributed by atoms with E-state index in [-0.39, 0.29) is 18.1 Å². The highest BCUT2D eigenvalue weighted by atomic mass is 16.5. The van der Waals surface area contributed by atoms with Crippen LogP contribution in [0.25, 0.3) is 28.3 Å². The zero-order chi connectivity index (χ0) is 28.8. The van der Waals surface area contributed by atoms with Crippen LogP contribution in [-0.2, 0) is 6.54 Å². The van der Waals surface area contributed by atoms with Gasteiger partial charge in [-0.3, -0.25) is 4.79 Å². The standard InChI is InChI=1S/C33H34N4O4/c1-22(2)16-17-40-30-15-12-25(18-23(30)3)32-26(21-37(35-32)27-8-6-5-7-9-27)20-34-33(38)29-19-31(41-36-29)24-10-13-28(39-4)14-11-24/h5-15,18-19,21-22H,16-17,20H2,1-4H3,(H,34,38). The maximum atomic E-state index is 13.0. The molecule has 3 aromatic carbocycles. The van der Waals surface area contributed by atoms with Gasteiger partial charge in [-0.15, -0.1) is 0 Å². The molecule has 0 fully saturated rings. The summed E-state index contributed by atoms with van der Waals surface area (Å²) in [6.07, 6.45) is 2.94. The molecular formula is C33H34N4O4. The molecule has 0 unspecified atom stereocenters. The van der Waals surface area contributed by atoms with Gasteiger partial charge in [-0.2, -0.15) is 5.10 Å². The molecule has 8 nitrogen and oxygen atoms in total. The average Bonchev–Trinajstić information content (AvgIpc) is 3.65. The topological polar surface area (TPSA) is 91.4 Å². The molecule has 5 aromatic rings. The number of carbonyl (C=O) groups excluding carboxylic acids is 1. The Hall–Kier alpha value is -4.85. The zero-order valence-corrected chi connectivity index (χ0v) is 23.8. The molecule has 2 heterocycles. The predicted octanol–water partition coefficient (Wildman–Crippen LogP) is 6.87. The van der Waals surface area contributed by atoms with Gasteiger partial charge in [0.15, 0.2) is 11.5 Å². The lowest BCUT2D eigenvalue weighted by atomic mass is 10.0. The van der Waals surface area contributed by atoms with E-state index >= 15 is 0 Å². The number of benzene rings is 3. The minimum atomic E-state index is -0.336. The SMILES string of the molecule is COc1ccc(-c2cc(C(=O)NCc3cn(-c4ccccc4)nc3-c3ccc(OCCC(C)C)c(C)c3)no2)cc1. The number of para-hydroxylation sites is 1. The Morgan fingerprint density at radius 2 is 1.76 bits per heavy atom. The summed E-state index contributed by atoms with van der Waals surface area (Å²) in [5, 5.41) is 11.9. The number of nitrogens with one attached hydrogen (secondary N) is 1. The van der Waals surface area contributed by atoms with Crippen molar-refractivity contribution >= 4 is 5.91 Å². The third kappa shape index (κ3) is 6.66. The van der Waals surface area contributed by atoms with E-state index in [1.54, 1.807) is 13.2 Å². The molecule has 210 valence electrons. The summed E-state index contributed by atoms with van der Waals surface area (Å²) in [6, 6.07) is 25.0. The van der Waals surface area contributed by atoms with Crippen LogP contribution in [0.4, 0.5) is 0 Å². The molecule has 5 rings (SSSR count). The quantitative estimate of drug-likeness (QED) is 0.193. The van der Waals surface area contributed by atoms with Gasteiger partial charge in [-0.1, -0.05) is 37.2 Å². The van der Waals surface area contributed by atoms with E-state index in [0.717, 1.165) is 51.6 Å². The Bertz CT molecular complexity index is 1600. The van der Waals surface area contributed by atoms with Crippen molar-refractivity contribution in [2.45, 2.75) is 33.7 Å². The Morgan fingerprint density at radius 3 is 2.46 bits per heavy atom. The molecule has 0 radical (unpaired) electrons. The van der Waals surface area contributed by atoms with Gasteiger partial charge < -0.3 is 19.3 Å². The molecule has 0 atom stereocenters. The maximum Gasteiger partial charge on any atom is 0.273 e. The molecule has 0 aliphatic heterocycles. The number of carbonyl (C=O) groups is 1. The lowest BCUT2D eigenvalue weighted by Gasteiger charge is -2.12. The molecule has 1 N–H and O–H groups in total. The Morgan fingerprint density at radius 1 is 1.00 bits per heavy atom. The van der Waals surface area contributed by atoms with E-state index in [4.69, 9.17) is 19.1 Å². The summed E-state index contributed by atoms with van der Waals surface area (Å²) in [6.45, 7) is 7.35. The molecule has 0 bridgehead atoms. The van der Waals surface area contributed by atoms with Gasteiger partial charge in [0.25, 0.3) is 5.91 Å². The van der Waals surface area contributed by atoms with Gasteiger partial charge in [0.1, 0.15) is 11.5 Å². The van der Waals surface area contributed by atoms with Gasteiger partial charge in [0.05, 0.1) is 25.1 Å². The van der Waals surface area contributed by atoms with Gasteiger partial charge in [0.2, 0.25) is 0 Å². The normalized spacial score (nSPS) is 11.0. The second-order valence-electron chi connectivity index (χ2n) is 10.3. The van der Waals surface area contributed by atoms with E-state index in [0.29, 0.717) is 18.3 Å². The van der Waals surface area contributed by atoms with Crippen molar-refractivity contribution in [2.75, 3.05) is 13.7 Å². The molecule has 0 saturated heterocycles. The molecule has 0 aliphatic carbocycles. The first-order chi connectivity index (χ1) is 19.9. The van der Waals surface area contributed by atoms with Crippen LogP contribution in [0, 0.1) is 12.8 Å². The van der Waals surface area contributed by atoms with Crippen molar-refractivity contribution in [1.29, 1.82) is 0 Å². The van der Waals surface area contributed by atoms with Crippen LogP contribution in [0.1, 0.15) is 41.9 Å². The first-order valence-corrected chi connectivity index (χ1v) is 13.7. The third-order valence-electron chi connectivity index (χ3n) is 6.77. The average molecular weight is 551 g/mol. The fraction of sp³-hybridized carbons (Fsp3) is 0.242. The van der Waals surface area contributed by atoms with E-state index in [1.165, 1.54) is 0 Å². The molecule has 8 heteroatoms. The first kappa shape index (κ1) is 27.7. The highest BCUT2D eigenvalue weighted by Gasteiger charge is 2.18. The molecular weight excluding hydrogens is 516 g/mol. The lowest BCUT2D eigenvalue weighted by molar-refractivity contribution is 0.0942. The highest BCUT2D eigenvalue weighted by molar-refractivity contribution is 5.93. The van der Waals surface area contributed by atoms with E-state index in [1.807, 2.05) is 84.5 Å². The van der Waals surface area contributed by atoms with Crippen molar-refractivity contribution in [1.82, 2.24) is 20.3 Å². The van der Waals surface area contributed by atoms with E-state index in [9.17, 15) is 4.79 Å². The van der Waals surface area contributed by atoms with Crippen molar-refractivity contribution in [2.24, 2.45) is 5.92 Å². The number of ether oxygens (including phenoxy) is 2. The zero-order valence-electron chi connectivity index (χ0n) is 23.8. The van der Waals surface area contributed by atoms with Crippen molar-refractivity contribution in [3.05, 3.63) is 102 Å². The Balaban J connectivity index is 1.36. The highest BCUT2D eigenvalue weighted by Crippen LogP contribution is 2.29. The fourth-order valence-corrected chi connectivity index (χ4v) is 4.40. The second-order valence-corrected chi connectivity index (χ2v) is 10.3. The predicted molar refractivity (Wildman–Crippen MR) is 158 cm³/mol. The van der Waals surface area contributed by atoms with E-state index in [2.05, 4.69) is 30.4 Å². The second kappa shape index (κ2) is 12.6. The van der Waals surface area contributed by atoms with E-state index < -0.39 is 0 Å². The van der Waals surface area contributed by atoms with Crippen LogP contribution in [0.3, 0.4) is 0 Å². The van der Waals surface area contributed by atoms with Crippen LogP contribution in [0.2, 0.25) is 0 Å². The lowest BCUT2D eigenvalue weighted by Crippen LogP contribution is -2.23. The summed E-state index contributed by atoms with van der Waals surface area (Å²) < 4.78 is 18.5. The molecule has 0 aliphatic rings. The van der Waals surface area contributed by atoms with Crippen molar-refractivity contribution in [3.63, 3.8) is 0 Å². The fourth-order valence-electron chi connectivity index (χ4n) is 4.40. The summed E-state index contributed by atoms with van der Waals surface area (Å²) in [5.41, 5.74) is 5.56. The number of nitrogens with zero attached hydrogens (tertiary/aromatic N) is 3. The molecule has 41 heavy (non-hydrogen) atoms. The number of hydrogen-bond donors (Lipinski definition) is 1. The minimum absolute atomic E-state index is 0.201. The Labute approximate surface area is 239 Å². The Kier molecular flexibility index (Phi) is 8.48. The van der Waals surface area contributed by atoms with Crippen molar-refractivity contribution in [3.8, 4) is 39.8 Å². The monoisotopic (exact) mass is 550 g/mol. The van der Waals surface area contributed by atoms with Gasteiger partial charge in [-0.25, -0.2) is 4.68 Å². The summed E-state index contributed by atoms with van der Waals surface area (Å²) in [5.74, 6) is 2.35. The smallest absolute Gasteiger partial charge is 0.273 e. The number of hydrogen-bond acceptors (Lipinski definition) is 6. The van der Waals surface area contributed by atoms with Crippen LogP contribution in [0.15, 0.2) is 89.6 Å². The molecule has 2 aromatic heterocycles. The number of amides is 1. The summed E-state index contributed by atoms with van der Waals surface area (Å²) in [7, 11) is 1.61. The molecule has 1 amide bonds. The molecule has 0 spiro atoms. The number of aromatic nitrogens is 3. The van der Waals surface area contributed by atoms with Crippen LogP contribution < -0.4 is 14.8 Å². The number of methoxy groups -OCH3 is 1. The first-order valence-electron chi connectivity index (χ1n) is 13.7. The van der Waals surface area contributed by atoms with Gasteiger partial charge in [-0.05, 0) is 79.4 Å². The van der Waals surface area contributed by atoms with Gasteiger partial charge in [0, 0.05) is 35.5 Å². The largest absolute Gasteiger partial charge is 0.497 e. The van der Waals surface area contributed by atoms with Crippen LogP contribution >= 0.6 is 0 Å². The number of rotatable bonds is 11.